The second kappa shape index (κ2) is 41.3. The van der Waals surface area contributed by atoms with Gasteiger partial charge in [-0.05, 0) is 36.1 Å². The molecule has 15 amide bonds. The van der Waals surface area contributed by atoms with E-state index in [0.29, 0.717) is 0 Å². The van der Waals surface area contributed by atoms with Crippen molar-refractivity contribution in [3.63, 3.8) is 0 Å². The lowest BCUT2D eigenvalue weighted by atomic mass is 9.98. The number of nitrogens with one attached hydrogen (secondary N) is 11. The lowest BCUT2D eigenvalue weighted by Gasteiger charge is -2.24. The molecule has 1 aliphatic carbocycles. The lowest BCUT2D eigenvalue weighted by Crippen LogP contribution is -2.52. The lowest BCUT2D eigenvalue weighted by molar-refractivity contribution is -0.151. The molecule has 91 heavy (non-hydrogen) atoms. The standard InChI is InChI=1S/C34H42N8O10.C21H33N7O10.H3N/c1-21(43)12-37-31(48)18-42(20-40-28(45)13-36-22(2)44)33(50)14-38-30(47)17-41(16-29(46)35-3)32(49)15-39-34(51)52-19-27-25-10-6-4-8-23(25)24-9-5-7-11-26(24)27;1-13(29)5-24-19(35)10-28(12-26-16(32)6-23-14(2)30)20(36)7-25-18(34)9-27(8-17(33)22-4)21(37)11-38-15(3)31;/h4-11,27H,12-20H2,1-3H3,(H,35,46)(H,36,44)(H,37,48)(H,38,47)(H,39,51)(H,40,45);5-12H2,1-4H3,(H,22,33)(H,23,30)(H,24,35)(H,25,34)(H,26,32);1H3. The zero-order chi connectivity index (χ0) is 67.5. The van der Waals surface area contributed by atoms with E-state index in [1.807, 2.05) is 48.5 Å². The second-order valence-electron chi connectivity index (χ2n) is 19.3. The van der Waals surface area contributed by atoms with Crippen LogP contribution in [0.4, 0.5) is 4.79 Å². The highest BCUT2D eigenvalue weighted by molar-refractivity contribution is 5.95. The summed E-state index contributed by atoms with van der Waals surface area (Å²) in [4.78, 5) is 219. The van der Waals surface area contributed by atoms with E-state index >= 15 is 0 Å². The maximum atomic E-state index is 13.0. The van der Waals surface area contributed by atoms with Crippen LogP contribution in [0.3, 0.4) is 0 Å². The molecule has 2 aromatic carbocycles. The Kier molecular flexibility index (Phi) is 35.4. The van der Waals surface area contributed by atoms with Gasteiger partial charge >= 0.3 is 12.1 Å². The van der Waals surface area contributed by atoms with E-state index in [9.17, 15) is 86.3 Å². The summed E-state index contributed by atoms with van der Waals surface area (Å²) in [6, 6.07) is 15.5. The molecule has 0 spiro atoms. The number of hydrogen-bond acceptors (Lipinski definition) is 21. The molecule has 0 bridgehead atoms. The van der Waals surface area contributed by atoms with Crippen molar-refractivity contribution in [1.29, 1.82) is 0 Å². The van der Waals surface area contributed by atoms with Gasteiger partial charge in [-0.3, -0.25) is 81.5 Å². The van der Waals surface area contributed by atoms with Crippen molar-refractivity contribution in [2.75, 3.05) is 126 Å². The zero-order valence-electron chi connectivity index (χ0n) is 51.4. The molecular formula is C55H78N16O20. The number of nitrogens with zero attached hydrogens (tertiary/aromatic N) is 4. The number of amides is 15. The molecule has 0 atom stereocenters. The number of alkyl carbamates (subject to hydrolysis) is 1. The van der Waals surface area contributed by atoms with Crippen LogP contribution in [0.1, 0.15) is 51.7 Å². The van der Waals surface area contributed by atoms with Gasteiger partial charge in [0.05, 0.1) is 52.6 Å². The van der Waals surface area contributed by atoms with E-state index in [-0.39, 0.29) is 49.9 Å². The number of ketones is 2. The van der Waals surface area contributed by atoms with Crippen LogP contribution in [-0.2, 0) is 91.0 Å². The Labute approximate surface area is 522 Å². The van der Waals surface area contributed by atoms with Gasteiger partial charge in [-0.2, -0.15) is 0 Å². The first-order valence-corrected chi connectivity index (χ1v) is 27.4. The third-order valence-electron chi connectivity index (χ3n) is 12.0. The average Bonchev–Trinajstić information content (AvgIpc) is 1.62. The Morgan fingerprint density at radius 1 is 0.374 bits per heavy atom. The summed E-state index contributed by atoms with van der Waals surface area (Å²) in [5.41, 5.74) is 4.08. The number of carbonyl (C=O) groups excluding carboxylic acids is 18. The van der Waals surface area contributed by atoms with Crippen molar-refractivity contribution in [2.45, 2.75) is 40.5 Å². The Bertz CT molecular complexity index is 2970. The van der Waals surface area contributed by atoms with Gasteiger partial charge in [0.25, 0.3) is 5.91 Å². The first-order chi connectivity index (χ1) is 42.5. The third-order valence-corrected chi connectivity index (χ3v) is 12.0. The summed E-state index contributed by atoms with van der Waals surface area (Å²) in [6.45, 7) is -2.58. The summed E-state index contributed by atoms with van der Waals surface area (Å²) >= 11 is 0. The molecule has 0 saturated heterocycles. The molecule has 0 radical (unpaired) electrons. The molecule has 36 heteroatoms. The van der Waals surface area contributed by atoms with Crippen molar-refractivity contribution in [3.8, 4) is 11.1 Å². The minimum Gasteiger partial charge on any atom is -0.456 e. The molecule has 0 fully saturated rings. The summed E-state index contributed by atoms with van der Waals surface area (Å²) in [6.07, 6.45) is -0.887. The van der Waals surface area contributed by atoms with E-state index in [1.54, 1.807) is 0 Å². The highest BCUT2D eigenvalue weighted by Gasteiger charge is 2.30. The van der Waals surface area contributed by atoms with E-state index in [0.717, 1.165) is 48.8 Å². The first-order valence-electron chi connectivity index (χ1n) is 27.4. The summed E-state index contributed by atoms with van der Waals surface area (Å²) < 4.78 is 10.0. The van der Waals surface area contributed by atoms with E-state index < -0.39 is 180 Å². The summed E-state index contributed by atoms with van der Waals surface area (Å²) in [5, 5.41) is 25.3. The molecule has 0 unspecified atom stereocenters. The monoisotopic (exact) mass is 1280 g/mol. The largest absolute Gasteiger partial charge is 0.456 e. The Morgan fingerprint density at radius 2 is 0.714 bits per heavy atom. The number of Topliss-reactive ketones (excluding diaryl/α,β-unsaturated/α-hetero) is 2. The molecule has 498 valence electrons. The maximum absolute atomic E-state index is 13.0. The highest BCUT2D eigenvalue weighted by Crippen LogP contribution is 2.44. The first kappa shape index (κ1) is 78.1. The molecule has 1 aliphatic rings. The number of rotatable bonds is 34. The fourth-order valence-electron chi connectivity index (χ4n) is 7.43. The smallest absolute Gasteiger partial charge is 0.407 e. The van der Waals surface area contributed by atoms with Crippen LogP contribution in [0.2, 0.25) is 0 Å². The second-order valence-corrected chi connectivity index (χ2v) is 19.3. The van der Waals surface area contributed by atoms with Crippen molar-refractivity contribution in [2.24, 2.45) is 0 Å². The van der Waals surface area contributed by atoms with E-state index in [4.69, 9.17) is 4.74 Å². The van der Waals surface area contributed by atoms with Gasteiger partial charge in [0.15, 0.2) is 6.61 Å². The number of ether oxygens (including phenoxy) is 2. The van der Waals surface area contributed by atoms with Crippen LogP contribution in [0.25, 0.3) is 11.1 Å². The zero-order valence-corrected chi connectivity index (χ0v) is 51.4. The molecule has 3 rings (SSSR count). The van der Waals surface area contributed by atoms with Crippen LogP contribution in [0, 0.1) is 0 Å². The quantitative estimate of drug-likeness (QED) is 0.0229. The summed E-state index contributed by atoms with van der Waals surface area (Å²) in [7, 11) is 2.64. The number of carbonyl (C=O) groups is 18. The number of hydrogen-bond donors (Lipinski definition) is 12. The minimum absolute atomic E-state index is 0. The summed E-state index contributed by atoms with van der Waals surface area (Å²) in [5.74, 6) is -11.6. The highest BCUT2D eigenvalue weighted by atomic mass is 16.5. The molecule has 0 aromatic heterocycles. The van der Waals surface area contributed by atoms with Crippen molar-refractivity contribution >= 4 is 106 Å². The minimum atomic E-state index is -0.887. The molecule has 0 aliphatic heterocycles. The molecule has 0 heterocycles. The third kappa shape index (κ3) is 31.5. The van der Waals surface area contributed by atoms with Crippen molar-refractivity contribution in [1.82, 2.24) is 84.2 Å². The van der Waals surface area contributed by atoms with Gasteiger partial charge in [0, 0.05) is 40.8 Å². The predicted octanol–water partition coefficient (Wildman–Crippen LogP) is -6.89. The number of fused-ring (bicyclic) bond motifs is 3. The van der Waals surface area contributed by atoms with E-state index in [2.05, 4.69) is 63.2 Å². The molecule has 14 N–H and O–H groups in total. The number of esters is 1. The number of likely N-dealkylation sites (N-methyl/N-ethyl adjacent to an activating group) is 2. The van der Waals surface area contributed by atoms with Crippen LogP contribution < -0.4 is 64.6 Å². The van der Waals surface area contributed by atoms with Gasteiger partial charge in [-0.25, -0.2) is 4.79 Å². The van der Waals surface area contributed by atoms with Gasteiger partial charge in [0.1, 0.15) is 64.0 Å². The number of benzene rings is 2. The molecule has 36 nitrogen and oxygen atoms in total. The SMILES string of the molecule is CNC(=O)CN(CC(=O)NCC(=O)N(CNC(=O)CNC(C)=O)CC(=O)NCC(C)=O)C(=O)CNC(=O)OCC1c2ccccc2-c2ccccc21.CNC(=O)CN(CC(=O)NCC(=O)N(CNC(=O)CNC(C)=O)CC(=O)NCC(C)=O)C(=O)COC(C)=O.N. The topological polar surface area (TPSA) is 506 Å². The van der Waals surface area contributed by atoms with E-state index in [1.165, 1.54) is 41.8 Å². The van der Waals surface area contributed by atoms with Gasteiger partial charge in [-0.15, -0.1) is 0 Å². The molecular weight excluding hydrogens is 1200 g/mol. The van der Waals surface area contributed by atoms with Crippen LogP contribution >= 0.6 is 0 Å². The normalized spacial score (nSPS) is 10.5. The van der Waals surface area contributed by atoms with Crippen molar-refractivity contribution in [3.05, 3.63) is 59.7 Å². The Morgan fingerprint density at radius 3 is 1.09 bits per heavy atom. The fourth-order valence-corrected chi connectivity index (χ4v) is 7.43. The van der Waals surface area contributed by atoms with Gasteiger partial charge < -0.3 is 93.7 Å². The molecule has 0 saturated carbocycles. The Balaban J connectivity index is 0.000000948. The Hall–Kier alpha value is -10.9. The van der Waals surface area contributed by atoms with Gasteiger partial charge in [-0.1, -0.05) is 48.5 Å². The predicted molar refractivity (Wildman–Crippen MR) is 316 cm³/mol. The maximum Gasteiger partial charge on any atom is 0.407 e. The van der Waals surface area contributed by atoms with Crippen LogP contribution in [-0.4, -0.2) is 252 Å². The van der Waals surface area contributed by atoms with Crippen molar-refractivity contribution < 1.29 is 95.8 Å². The van der Waals surface area contributed by atoms with Crippen LogP contribution in [0.15, 0.2) is 48.5 Å². The molecule has 2 aromatic rings. The fraction of sp³-hybridized carbons (Fsp3) is 0.455. The average molecular weight is 1280 g/mol. The van der Waals surface area contributed by atoms with Gasteiger partial charge in [0.2, 0.25) is 76.8 Å². The van der Waals surface area contributed by atoms with Crippen LogP contribution in [0.5, 0.6) is 0 Å².